The molecule has 17 nitrogen and oxygen atoms in total. The lowest BCUT2D eigenvalue weighted by Gasteiger charge is -2.34. The van der Waals surface area contributed by atoms with Crippen LogP contribution in [0.15, 0.2) is 72.8 Å². The molecule has 4 N–H and O–H groups in total. The van der Waals surface area contributed by atoms with Gasteiger partial charge in [0.05, 0.1) is 38.4 Å². The lowest BCUT2D eigenvalue weighted by Crippen LogP contribution is -2.51. The van der Waals surface area contributed by atoms with Gasteiger partial charge in [0.2, 0.25) is 11.8 Å². The first kappa shape index (κ1) is 48.7. The number of nitrogens with zero attached hydrogens (tertiary/aromatic N) is 7. The van der Waals surface area contributed by atoms with Gasteiger partial charge >= 0.3 is 12.2 Å². The number of H-pyrrole nitrogens is 2. The van der Waals surface area contributed by atoms with Crippen LogP contribution in [0.1, 0.15) is 139 Å². The first-order valence-corrected chi connectivity index (χ1v) is 24.3. The molecule has 0 radical (unpaired) electrons. The van der Waals surface area contributed by atoms with Gasteiger partial charge in [-0.05, 0) is 84.6 Å². The van der Waals surface area contributed by atoms with Gasteiger partial charge in [-0.1, -0.05) is 109 Å². The fraction of sp³-hybridized carbons (Fsp3) is 0.500. The normalized spacial score (nSPS) is 20.4. The van der Waals surface area contributed by atoms with Crippen molar-refractivity contribution in [2.24, 2.45) is 11.8 Å². The number of benzene rings is 3. The van der Waals surface area contributed by atoms with Gasteiger partial charge in [0.1, 0.15) is 12.1 Å². The highest BCUT2D eigenvalue weighted by Crippen LogP contribution is 2.48. The number of nitrogens with one attached hydrogen (secondary N) is 4. The van der Waals surface area contributed by atoms with E-state index in [1.807, 2.05) is 27.7 Å². The number of likely N-dealkylation sites (tertiary alicyclic amines) is 2. The number of aromatic amines is 2. The summed E-state index contributed by atoms with van der Waals surface area (Å²) in [5, 5.41) is 23.5. The van der Waals surface area contributed by atoms with Crippen LogP contribution in [0, 0.1) is 11.8 Å². The second-order valence-corrected chi connectivity index (χ2v) is 20.3. The summed E-state index contributed by atoms with van der Waals surface area (Å²) in [4.78, 5) is 64.6. The number of ether oxygens (including phenoxy) is 2. The maximum absolute atomic E-state index is 13.7. The number of carbonyl (C=O) groups is 4. The monoisotopic (exact) mass is 942 g/mol. The van der Waals surface area contributed by atoms with Crippen LogP contribution in [0.2, 0.25) is 0 Å². The largest absolute Gasteiger partial charge is 0.453 e. The highest BCUT2D eigenvalue weighted by molar-refractivity contribution is 5.87. The van der Waals surface area contributed by atoms with Crippen molar-refractivity contribution < 1.29 is 28.7 Å². The van der Waals surface area contributed by atoms with E-state index in [1.165, 1.54) is 30.9 Å². The van der Waals surface area contributed by atoms with Crippen LogP contribution in [-0.2, 0) is 24.5 Å². The zero-order chi connectivity index (χ0) is 49.1. The van der Waals surface area contributed by atoms with Gasteiger partial charge in [0.25, 0.3) is 0 Å². The Bertz CT molecular complexity index is 2430. The van der Waals surface area contributed by atoms with Crippen LogP contribution in [0.4, 0.5) is 15.3 Å². The van der Waals surface area contributed by atoms with Crippen LogP contribution >= 0.6 is 0 Å². The number of amides is 4. The lowest BCUT2D eigenvalue weighted by atomic mass is 9.87. The molecular formula is C52H67N11O6. The third kappa shape index (κ3) is 10.3. The van der Waals surface area contributed by atoms with Gasteiger partial charge in [-0.3, -0.25) is 9.59 Å². The van der Waals surface area contributed by atoms with Crippen LogP contribution in [-0.4, -0.2) is 104 Å². The zero-order valence-corrected chi connectivity index (χ0v) is 41.3. The number of hydrogen-bond acceptors (Lipinski definition) is 11. The molecule has 0 spiro atoms. The van der Waals surface area contributed by atoms with Crippen molar-refractivity contribution in [1.82, 2.24) is 50.8 Å². The van der Waals surface area contributed by atoms with E-state index < -0.39 is 24.3 Å². The third-order valence-electron chi connectivity index (χ3n) is 14.0. The summed E-state index contributed by atoms with van der Waals surface area (Å²) >= 11 is 0. The maximum atomic E-state index is 13.7. The minimum absolute atomic E-state index is 0.0166. The molecule has 5 heterocycles. The molecule has 17 heteroatoms. The fourth-order valence-corrected chi connectivity index (χ4v) is 10.2. The second kappa shape index (κ2) is 20.4. The summed E-state index contributed by atoms with van der Waals surface area (Å²) < 4.78 is 9.60. The third-order valence-corrected chi connectivity index (χ3v) is 14.0. The van der Waals surface area contributed by atoms with Crippen molar-refractivity contribution in [3.05, 3.63) is 101 Å². The molecule has 69 heavy (non-hydrogen) atoms. The van der Waals surface area contributed by atoms with Crippen molar-refractivity contribution >= 4 is 29.7 Å². The van der Waals surface area contributed by atoms with Gasteiger partial charge in [0.15, 0.2) is 23.3 Å². The van der Waals surface area contributed by atoms with Crippen molar-refractivity contribution in [3.8, 4) is 22.8 Å². The van der Waals surface area contributed by atoms with Crippen LogP contribution in [0.25, 0.3) is 22.8 Å². The minimum Gasteiger partial charge on any atom is -0.453 e. The molecule has 3 aliphatic rings. The fourth-order valence-electron chi connectivity index (χ4n) is 10.2. The lowest BCUT2D eigenvalue weighted by molar-refractivity contribution is -0.136. The molecule has 366 valence electrons. The standard InChI is InChI=1S/C52H67N11O6/c1-30(2)42(53-50(66)68-8)48(64)61-28-10-12-40(61)46-55-44(57-59-46)34-18-14-32(15-19-34)38-26-27-39(63(38)37-24-22-36(23-25-37)52(5,6)7)33-16-20-35(21-17-33)45-56-47(60-58-45)41-13-11-29-62(41)49(65)43(31(3)4)54-51(67)69-9/h14-25,30-31,38-43H,10-13,26-29H2,1-9H3,(H,53,66)(H,54,67)(H,55,57,59)(H,56,58,60)/t38-,39-,40+,41+,42+,43+/m1/s1. The van der Waals surface area contributed by atoms with E-state index in [1.54, 1.807) is 9.80 Å². The van der Waals surface area contributed by atoms with E-state index in [9.17, 15) is 19.2 Å². The first-order valence-electron chi connectivity index (χ1n) is 24.3. The average molecular weight is 942 g/mol. The second-order valence-electron chi connectivity index (χ2n) is 20.3. The summed E-state index contributed by atoms with van der Waals surface area (Å²) in [6.45, 7) is 15.4. The Morgan fingerprint density at radius 2 is 0.986 bits per heavy atom. The Morgan fingerprint density at radius 1 is 0.580 bits per heavy atom. The smallest absolute Gasteiger partial charge is 0.407 e. The van der Waals surface area contributed by atoms with Gasteiger partial charge in [-0.2, -0.15) is 0 Å². The summed E-state index contributed by atoms with van der Waals surface area (Å²) in [7, 11) is 2.58. The topological polar surface area (TPSA) is 204 Å². The Morgan fingerprint density at radius 3 is 1.35 bits per heavy atom. The van der Waals surface area contributed by atoms with Crippen molar-refractivity contribution in [3.63, 3.8) is 0 Å². The molecule has 3 aliphatic heterocycles. The molecular weight excluding hydrogens is 875 g/mol. The Kier molecular flexibility index (Phi) is 14.4. The molecule has 3 fully saturated rings. The van der Waals surface area contributed by atoms with E-state index in [0.717, 1.165) is 55.3 Å². The summed E-state index contributed by atoms with van der Waals surface area (Å²) in [5.41, 5.74) is 6.61. The molecule has 5 aromatic rings. The zero-order valence-electron chi connectivity index (χ0n) is 41.3. The van der Waals surface area contributed by atoms with E-state index in [-0.39, 0.29) is 53.2 Å². The maximum Gasteiger partial charge on any atom is 0.407 e. The summed E-state index contributed by atoms with van der Waals surface area (Å²) in [6.07, 6.45) is 3.74. The highest BCUT2D eigenvalue weighted by Gasteiger charge is 2.40. The molecule has 2 aromatic heterocycles. The number of rotatable bonds is 13. The molecule has 0 aliphatic carbocycles. The van der Waals surface area contributed by atoms with Crippen molar-refractivity contribution in [2.45, 2.75) is 129 Å². The number of hydrogen-bond donors (Lipinski definition) is 4. The average Bonchev–Trinajstić information content (AvgIpc) is 4.21. The van der Waals surface area contributed by atoms with Crippen LogP contribution in [0.5, 0.6) is 0 Å². The Labute approximate surface area is 404 Å². The predicted octanol–water partition coefficient (Wildman–Crippen LogP) is 8.73. The van der Waals surface area contributed by atoms with E-state index >= 15 is 0 Å². The molecule has 3 aromatic carbocycles. The Balaban J connectivity index is 1.00. The molecule has 0 saturated carbocycles. The van der Waals surface area contributed by atoms with E-state index in [4.69, 9.17) is 9.47 Å². The number of aromatic nitrogens is 6. The van der Waals surface area contributed by atoms with E-state index in [0.29, 0.717) is 36.4 Å². The van der Waals surface area contributed by atoms with Gasteiger partial charge in [0, 0.05) is 29.9 Å². The van der Waals surface area contributed by atoms with Gasteiger partial charge in [-0.25, -0.2) is 9.59 Å². The van der Waals surface area contributed by atoms with Crippen molar-refractivity contribution in [2.75, 3.05) is 32.2 Å². The van der Waals surface area contributed by atoms with Crippen LogP contribution < -0.4 is 15.5 Å². The molecule has 8 rings (SSSR count). The molecule has 6 atom stereocenters. The summed E-state index contributed by atoms with van der Waals surface area (Å²) in [5.74, 6) is 1.92. The highest BCUT2D eigenvalue weighted by atomic mass is 16.5. The molecule has 3 saturated heterocycles. The summed E-state index contributed by atoms with van der Waals surface area (Å²) in [6, 6.07) is 24.3. The number of methoxy groups -OCH3 is 2. The van der Waals surface area contributed by atoms with E-state index in [2.05, 4.69) is 139 Å². The first-order chi connectivity index (χ1) is 33.1. The quantitative estimate of drug-likeness (QED) is 0.0879. The molecule has 4 amide bonds. The molecule has 0 unspecified atom stereocenters. The number of anilines is 1. The number of carbonyl (C=O) groups excluding carboxylic acids is 4. The van der Waals surface area contributed by atoms with Gasteiger partial charge < -0.3 is 44.8 Å². The number of alkyl carbamates (subject to hydrolysis) is 2. The molecule has 0 bridgehead atoms. The minimum atomic E-state index is -0.718. The van der Waals surface area contributed by atoms with Crippen molar-refractivity contribution in [1.29, 1.82) is 0 Å². The van der Waals surface area contributed by atoms with Crippen LogP contribution in [0.3, 0.4) is 0 Å². The Hall–Kier alpha value is -6.78. The SMILES string of the molecule is COC(=O)N[C@H](C(=O)N1CCC[C@H]1c1nnc(-c2ccc([C@H]3CC[C@H](c4ccc(-c5nnc([C@@H]6CCCN6C(=O)[C@@H](NC(=O)OC)C(C)C)[nH]5)cc4)N3c3ccc(C(C)(C)C)cc3)cc2)[nH]1)C(C)C. The predicted molar refractivity (Wildman–Crippen MR) is 262 cm³/mol. The van der Waals surface area contributed by atoms with Gasteiger partial charge in [-0.15, -0.1) is 20.4 Å².